The fourth-order valence-corrected chi connectivity index (χ4v) is 4.30. The highest BCUT2D eigenvalue weighted by molar-refractivity contribution is 7.92. The molecule has 0 heterocycles. The maximum atomic E-state index is 12.9. The van der Waals surface area contributed by atoms with Crippen LogP contribution in [0.4, 0.5) is 5.69 Å². The Morgan fingerprint density at radius 3 is 2.16 bits per heavy atom. The van der Waals surface area contributed by atoms with Crippen LogP contribution in [-0.4, -0.2) is 28.6 Å². The van der Waals surface area contributed by atoms with Crippen LogP contribution in [-0.2, 0) is 14.8 Å². The largest absolute Gasteiger partial charge is 0.497 e. The van der Waals surface area contributed by atoms with Crippen molar-refractivity contribution in [3.63, 3.8) is 0 Å². The van der Waals surface area contributed by atoms with E-state index in [9.17, 15) is 13.2 Å². The first kappa shape index (κ1) is 18.8. The summed E-state index contributed by atoms with van der Waals surface area (Å²) in [7, 11) is -1.02. The van der Waals surface area contributed by atoms with E-state index < -0.39 is 16.0 Å². The minimum absolute atomic E-state index is 0.191. The van der Waals surface area contributed by atoms with Gasteiger partial charge in [-0.15, -0.1) is 0 Å². The summed E-state index contributed by atoms with van der Waals surface area (Å²) in [5.41, 5.74) is 2.29. The molecule has 0 aliphatic carbocycles. The minimum Gasteiger partial charge on any atom is -0.497 e. The smallest absolute Gasteiger partial charge is 0.338 e. The maximum Gasteiger partial charge on any atom is 0.338 e. The Bertz CT molecular complexity index is 896. The highest BCUT2D eigenvalue weighted by Crippen LogP contribution is 2.29. The van der Waals surface area contributed by atoms with Gasteiger partial charge in [0.25, 0.3) is 10.0 Å². The van der Waals surface area contributed by atoms with Crippen molar-refractivity contribution >= 4 is 21.7 Å². The Kier molecular flexibility index (Phi) is 5.37. The lowest BCUT2D eigenvalue weighted by Gasteiger charge is -2.16. The molecule has 0 bridgehead atoms. The van der Waals surface area contributed by atoms with Crippen molar-refractivity contribution in [3.8, 4) is 5.75 Å². The molecule has 1 N–H and O–H groups in total. The Labute approximate surface area is 147 Å². The van der Waals surface area contributed by atoms with E-state index in [4.69, 9.17) is 9.47 Å². The molecule has 0 aliphatic rings. The summed E-state index contributed by atoms with van der Waals surface area (Å²) in [6.07, 6.45) is 0. The zero-order chi connectivity index (χ0) is 18.8. The number of nitrogens with one attached hydrogen (secondary N) is 1. The van der Waals surface area contributed by atoms with Crippen LogP contribution in [0.3, 0.4) is 0 Å². The zero-order valence-electron chi connectivity index (χ0n) is 14.8. The van der Waals surface area contributed by atoms with Crippen molar-refractivity contribution in [2.45, 2.75) is 25.7 Å². The average Bonchev–Trinajstić information content (AvgIpc) is 2.54. The number of rotatable bonds is 5. The minimum atomic E-state index is -3.83. The first-order chi connectivity index (χ1) is 11.7. The average molecular weight is 363 g/mol. The van der Waals surface area contributed by atoms with Crippen LogP contribution < -0.4 is 9.46 Å². The van der Waals surface area contributed by atoms with Crippen molar-refractivity contribution in [2.24, 2.45) is 0 Å². The van der Waals surface area contributed by atoms with Crippen LogP contribution in [0, 0.1) is 20.8 Å². The second-order valence-corrected chi connectivity index (χ2v) is 7.28. The topological polar surface area (TPSA) is 81.7 Å². The van der Waals surface area contributed by atoms with Crippen molar-refractivity contribution in [1.29, 1.82) is 0 Å². The molecule has 0 unspecified atom stereocenters. The van der Waals surface area contributed by atoms with E-state index in [1.165, 1.54) is 14.2 Å². The normalized spacial score (nSPS) is 11.1. The van der Waals surface area contributed by atoms with Crippen LogP contribution in [0.5, 0.6) is 5.75 Å². The molecule has 7 heteroatoms. The van der Waals surface area contributed by atoms with E-state index in [2.05, 4.69) is 4.72 Å². The number of hydrogen-bond donors (Lipinski definition) is 1. The van der Waals surface area contributed by atoms with Gasteiger partial charge in [0, 0.05) is 0 Å². The van der Waals surface area contributed by atoms with Crippen LogP contribution in [0.15, 0.2) is 35.2 Å². The number of carbonyl (C=O) groups is 1. The molecule has 2 aromatic carbocycles. The predicted molar refractivity (Wildman–Crippen MR) is 95.8 cm³/mol. The molecule has 6 nitrogen and oxygen atoms in total. The number of carbonyl (C=O) groups excluding carboxylic acids is 1. The lowest BCUT2D eigenvalue weighted by atomic mass is 10.1. The van der Waals surface area contributed by atoms with Gasteiger partial charge < -0.3 is 9.47 Å². The summed E-state index contributed by atoms with van der Waals surface area (Å²) >= 11 is 0. The molecule has 0 saturated carbocycles. The van der Waals surface area contributed by atoms with Crippen LogP contribution >= 0.6 is 0 Å². The lowest BCUT2D eigenvalue weighted by molar-refractivity contribution is 0.0600. The third-order valence-corrected chi connectivity index (χ3v) is 5.59. The molecule has 25 heavy (non-hydrogen) atoms. The lowest BCUT2D eigenvalue weighted by Crippen LogP contribution is -2.17. The van der Waals surface area contributed by atoms with Gasteiger partial charge in [0.1, 0.15) is 5.75 Å². The number of esters is 1. The molecule has 0 fully saturated rings. The molecule has 134 valence electrons. The number of aryl methyl sites for hydroxylation is 2. The van der Waals surface area contributed by atoms with Gasteiger partial charge in [-0.05, 0) is 61.7 Å². The number of hydrogen-bond acceptors (Lipinski definition) is 5. The van der Waals surface area contributed by atoms with Crippen molar-refractivity contribution in [3.05, 3.63) is 52.6 Å². The number of ether oxygens (including phenoxy) is 2. The molecule has 0 spiro atoms. The fraction of sp³-hybridized carbons (Fsp3) is 0.278. The summed E-state index contributed by atoms with van der Waals surface area (Å²) in [6.45, 7) is 5.08. The molecule has 0 radical (unpaired) electrons. The van der Waals surface area contributed by atoms with Crippen molar-refractivity contribution in [1.82, 2.24) is 0 Å². The first-order valence-corrected chi connectivity index (χ1v) is 9.05. The Balaban J connectivity index is 2.49. The number of benzene rings is 2. The second-order valence-electron chi connectivity index (χ2n) is 5.67. The number of anilines is 1. The Hall–Kier alpha value is -2.54. The molecule has 0 atom stereocenters. The van der Waals surface area contributed by atoms with Gasteiger partial charge in [0.2, 0.25) is 0 Å². The Morgan fingerprint density at radius 1 is 1.04 bits per heavy atom. The van der Waals surface area contributed by atoms with Gasteiger partial charge >= 0.3 is 5.97 Å². The molecule has 0 aliphatic heterocycles. The summed E-state index contributed by atoms with van der Waals surface area (Å²) in [6, 6.07) is 8.12. The summed E-state index contributed by atoms with van der Waals surface area (Å²) in [5, 5.41) is 0. The molecule has 2 rings (SSSR count). The standard InChI is InChI=1S/C18H21NO5S/c1-11-9-14(23-4)10-12(2)17(11)25(21,22)19-16-8-6-7-15(13(16)3)18(20)24-5/h6-10,19H,1-5H3. The molecular weight excluding hydrogens is 342 g/mol. The SMILES string of the molecule is COC(=O)c1cccc(NS(=O)(=O)c2c(C)cc(OC)cc2C)c1C. The molecular formula is C18H21NO5S. The predicted octanol–water partition coefficient (Wildman–Crippen LogP) is 3.21. The third-order valence-electron chi connectivity index (χ3n) is 3.92. The van der Waals surface area contributed by atoms with Crippen LogP contribution in [0.2, 0.25) is 0 Å². The van der Waals surface area contributed by atoms with Gasteiger partial charge in [-0.25, -0.2) is 13.2 Å². The highest BCUT2D eigenvalue weighted by Gasteiger charge is 2.22. The van der Waals surface area contributed by atoms with Gasteiger partial charge in [-0.1, -0.05) is 6.07 Å². The summed E-state index contributed by atoms with van der Waals surface area (Å²) < 4.78 is 38.2. The quantitative estimate of drug-likeness (QED) is 0.825. The molecule has 2 aromatic rings. The molecule has 0 amide bonds. The highest BCUT2D eigenvalue weighted by atomic mass is 32.2. The monoisotopic (exact) mass is 363 g/mol. The summed E-state index contributed by atoms with van der Waals surface area (Å²) in [4.78, 5) is 12.0. The maximum absolute atomic E-state index is 12.9. The summed E-state index contributed by atoms with van der Waals surface area (Å²) in [5.74, 6) is 0.0770. The van der Waals surface area contributed by atoms with E-state index in [1.807, 2.05) is 0 Å². The molecule has 0 aromatic heterocycles. The number of sulfonamides is 1. The Morgan fingerprint density at radius 2 is 1.64 bits per heavy atom. The van der Waals surface area contributed by atoms with Crippen molar-refractivity contribution in [2.75, 3.05) is 18.9 Å². The molecule has 0 saturated heterocycles. The van der Waals surface area contributed by atoms with Crippen LogP contribution in [0.25, 0.3) is 0 Å². The van der Waals surface area contributed by atoms with E-state index >= 15 is 0 Å². The van der Waals surface area contributed by atoms with E-state index in [0.29, 0.717) is 33.7 Å². The third kappa shape index (κ3) is 3.76. The van der Waals surface area contributed by atoms with E-state index in [0.717, 1.165) is 0 Å². The van der Waals surface area contributed by atoms with Gasteiger partial charge in [-0.3, -0.25) is 4.72 Å². The van der Waals surface area contributed by atoms with E-state index in [-0.39, 0.29) is 4.90 Å². The van der Waals surface area contributed by atoms with E-state index in [1.54, 1.807) is 51.1 Å². The zero-order valence-corrected chi connectivity index (χ0v) is 15.7. The first-order valence-electron chi connectivity index (χ1n) is 7.57. The fourth-order valence-electron chi connectivity index (χ4n) is 2.73. The van der Waals surface area contributed by atoms with Crippen LogP contribution in [0.1, 0.15) is 27.0 Å². The van der Waals surface area contributed by atoms with Crippen molar-refractivity contribution < 1.29 is 22.7 Å². The van der Waals surface area contributed by atoms with Gasteiger partial charge in [0.15, 0.2) is 0 Å². The number of methoxy groups -OCH3 is 2. The second kappa shape index (κ2) is 7.14. The van der Waals surface area contributed by atoms with Gasteiger partial charge in [0.05, 0.1) is 30.4 Å². The van der Waals surface area contributed by atoms with Gasteiger partial charge in [-0.2, -0.15) is 0 Å².